The molecule has 0 spiro atoms. The van der Waals surface area contributed by atoms with E-state index < -0.39 is 0 Å². The van der Waals surface area contributed by atoms with Crippen molar-refractivity contribution in [2.75, 3.05) is 47.1 Å². The molecule has 3 heterocycles. The highest BCUT2D eigenvalue weighted by molar-refractivity contribution is 5.98. The molecule has 4 rings (SSSR count). The van der Waals surface area contributed by atoms with E-state index in [0.717, 1.165) is 29.7 Å². The van der Waals surface area contributed by atoms with E-state index in [1.54, 1.807) is 36.2 Å². The van der Waals surface area contributed by atoms with Gasteiger partial charge in [0.25, 0.3) is 5.91 Å². The summed E-state index contributed by atoms with van der Waals surface area (Å²) in [5.41, 5.74) is 2.00. The number of ether oxygens (including phenoxy) is 3. The summed E-state index contributed by atoms with van der Waals surface area (Å²) >= 11 is 0. The third-order valence-electron chi connectivity index (χ3n) is 7.34. The maximum absolute atomic E-state index is 13.7. The van der Waals surface area contributed by atoms with Gasteiger partial charge in [0.1, 0.15) is 17.4 Å². The Hall–Kier alpha value is -3.17. The second-order valence-electron chi connectivity index (χ2n) is 10.0. The van der Waals surface area contributed by atoms with Crippen LogP contribution in [0.1, 0.15) is 37.0 Å². The number of fused-ring (bicyclic) bond motifs is 1. The van der Waals surface area contributed by atoms with Crippen molar-refractivity contribution in [2.24, 2.45) is 11.8 Å². The predicted octanol–water partition coefficient (Wildman–Crippen LogP) is 2.86. The fraction of sp³-hybridized carbons (Fsp3) is 0.536. The zero-order valence-corrected chi connectivity index (χ0v) is 22.1. The average molecular weight is 512 g/mol. The molecule has 0 radical (unpaired) electrons. The molecule has 37 heavy (non-hydrogen) atoms. The number of likely N-dealkylation sites (N-methyl/N-ethyl adjacent to an activating group) is 1. The maximum atomic E-state index is 13.7. The van der Waals surface area contributed by atoms with Crippen molar-refractivity contribution in [3.05, 3.63) is 42.1 Å². The summed E-state index contributed by atoms with van der Waals surface area (Å²) in [5, 5.41) is 9.90. The molecule has 0 unspecified atom stereocenters. The van der Waals surface area contributed by atoms with E-state index in [-0.39, 0.29) is 48.3 Å². The van der Waals surface area contributed by atoms with Crippen molar-refractivity contribution in [1.29, 1.82) is 0 Å². The molecule has 1 fully saturated rings. The smallest absolute Gasteiger partial charge is 0.259 e. The minimum absolute atomic E-state index is 0.0486. The van der Waals surface area contributed by atoms with Gasteiger partial charge in [0, 0.05) is 50.4 Å². The predicted molar refractivity (Wildman–Crippen MR) is 139 cm³/mol. The van der Waals surface area contributed by atoms with Crippen LogP contribution >= 0.6 is 0 Å². The number of carbonyl (C=O) groups is 2. The Bertz CT molecular complexity index is 1090. The van der Waals surface area contributed by atoms with Gasteiger partial charge in [0.2, 0.25) is 11.8 Å². The molecule has 9 nitrogen and oxygen atoms in total. The summed E-state index contributed by atoms with van der Waals surface area (Å²) in [7, 11) is 3.41. The van der Waals surface area contributed by atoms with E-state index in [0.29, 0.717) is 31.9 Å². The lowest BCUT2D eigenvalue weighted by Crippen LogP contribution is -2.51. The molecular formula is C28H37N3O6. The monoisotopic (exact) mass is 511 g/mol. The van der Waals surface area contributed by atoms with Crippen LogP contribution < -0.4 is 9.47 Å². The summed E-state index contributed by atoms with van der Waals surface area (Å²) in [6.07, 6.45) is 2.75. The molecule has 3 atom stereocenters. The van der Waals surface area contributed by atoms with Crippen molar-refractivity contribution >= 4 is 11.8 Å². The van der Waals surface area contributed by atoms with Crippen LogP contribution in [-0.2, 0) is 9.53 Å². The van der Waals surface area contributed by atoms with Crippen molar-refractivity contribution in [3.8, 4) is 22.8 Å². The molecule has 0 bridgehead atoms. The van der Waals surface area contributed by atoms with Crippen LogP contribution in [0.25, 0.3) is 11.1 Å². The largest absolute Gasteiger partial charge is 0.497 e. The Balaban J connectivity index is 1.64. The third kappa shape index (κ3) is 6.05. The van der Waals surface area contributed by atoms with Crippen LogP contribution in [0.3, 0.4) is 0 Å². The fourth-order valence-electron chi connectivity index (χ4n) is 4.88. The molecule has 2 aliphatic heterocycles. The first-order valence-corrected chi connectivity index (χ1v) is 12.9. The molecule has 2 aromatic rings. The summed E-state index contributed by atoms with van der Waals surface area (Å²) in [6, 6.07) is 8.93. The number of nitrogens with zero attached hydrogens (tertiary/aromatic N) is 3. The van der Waals surface area contributed by atoms with E-state index in [1.165, 1.54) is 0 Å². The number of amides is 2. The molecule has 2 aliphatic rings. The van der Waals surface area contributed by atoms with Crippen LogP contribution in [0.5, 0.6) is 11.6 Å². The van der Waals surface area contributed by atoms with Gasteiger partial charge in [0.05, 0.1) is 26.3 Å². The van der Waals surface area contributed by atoms with E-state index in [2.05, 4.69) is 4.98 Å². The van der Waals surface area contributed by atoms with Crippen molar-refractivity contribution in [3.63, 3.8) is 0 Å². The lowest BCUT2D eigenvalue weighted by molar-refractivity contribution is -0.138. The van der Waals surface area contributed by atoms with Gasteiger partial charge in [0.15, 0.2) is 0 Å². The Kier molecular flexibility index (Phi) is 8.66. The molecule has 0 aliphatic carbocycles. The van der Waals surface area contributed by atoms with Crippen molar-refractivity contribution < 1.29 is 28.9 Å². The Labute approximate surface area is 218 Å². The van der Waals surface area contributed by atoms with Gasteiger partial charge in [-0.25, -0.2) is 4.98 Å². The fourth-order valence-corrected chi connectivity index (χ4v) is 4.88. The van der Waals surface area contributed by atoms with E-state index >= 15 is 0 Å². The molecule has 2 amide bonds. The molecule has 200 valence electrons. The van der Waals surface area contributed by atoms with Crippen LogP contribution in [0.4, 0.5) is 0 Å². The first-order chi connectivity index (χ1) is 17.8. The zero-order valence-electron chi connectivity index (χ0n) is 22.1. The number of rotatable bonds is 7. The number of benzene rings is 1. The Morgan fingerprint density at radius 2 is 1.95 bits per heavy atom. The number of hydrogen-bond donors (Lipinski definition) is 1. The first kappa shape index (κ1) is 26.9. The lowest BCUT2D eigenvalue weighted by Gasteiger charge is -2.38. The van der Waals surface area contributed by atoms with Crippen molar-refractivity contribution in [2.45, 2.75) is 38.8 Å². The summed E-state index contributed by atoms with van der Waals surface area (Å²) < 4.78 is 17.0. The number of methoxy groups -OCH3 is 1. The summed E-state index contributed by atoms with van der Waals surface area (Å²) in [5.74, 6) is 0.673. The van der Waals surface area contributed by atoms with E-state index in [1.807, 2.05) is 38.1 Å². The number of aliphatic hydroxyl groups excluding tert-OH is 1. The topological polar surface area (TPSA) is 101 Å². The number of hydrogen-bond acceptors (Lipinski definition) is 7. The highest BCUT2D eigenvalue weighted by atomic mass is 16.5. The minimum atomic E-state index is -0.382. The van der Waals surface area contributed by atoms with Gasteiger partial charge < -0.3 is 29.1 Å². The average Bonchev–Trinajstić information content (AvgIpc) is 2.94. The SMILES string of the molecule is COc1ccc(-c2cnc3c(c2)C(=O)N([C@@H](C)CO)C[C@H](C)[C@@H](CN(C)C(=O)C2CCOCC2)O3)cc1. The molecule has 1 aromatic heterocycles. The highest BCUT2D eigenvalue weighted by Gasteiger charge is 2.35. The molecule has 1 aromatic carbocycles. The Morgan fingerprint density at radius 1 is 1.24 bits per heavy atom. The molecule has 1 N–H and O–H groups in total. The number of aliphatic hydroxyl groups is 1. The summed E-state index contributed by atoms with van der Waals surface area (Å²) in [6.45, 7) is 5.62. The van der Waals surface area contributed by atoms with Gasteiger partial charge in [-0.05, 0) is 43.5 Å². The number of aromatic nitrogens is 1. The van der Waals surface area contributed by atoms with E-state index in [9.17, 15) is 14.7 Å². The second kappa shape index (κ2) is 11.9. The molecular weight excluding hydrogens is 474 g/mol. The lowest BCUT2D eigenvalue weighted by atomic mass is 9.97. The van der Waals surface area contributed by atoms with Gasteiger partial charge in [-0.3, -0.25) is 9.59 Å². The van der Waals surface area contributed by atoms with Crippen LogP contribution in [0.2, 0.25) is 0 Å². The second-order valence-corrected chi connectivity index (χ2v) is 10.0. The van der Waals surface area contributed by atoms with Crippen LogP contribution in [0.15, 0.2) is 36.5 Å². The minimum Gasteiger partial charge on any atom is -0.497 e. The number of pyridine rings is 1. The van der Waals surface area contributed by atoms with E-state index in [4.69, 9.17) is 14.2 Å². The first-order valence-electron chi connectivity index (χ1n) is 12.9. The molecule has 1 saturated heterocycles. The number of carbonyl (C=O) groups excluding carboxylic acids is 2. The highest BCUT2D eigenvalue weighted by Crippen LogP contribution is 2.31. The van der Waals surface area contributed by atoms with Crippen molar-refractivity contribution in [1.82, 2.24) is 14.8 Å². The zero-order chi connectivity index (χ0) is 26.5. The summed E-state index contributed by atoms with van der Waals surface area (Å²) in [4.78, 5) is 34.7. The maximum Gasteiger partial charge on any atom is 0.259 e. The van der Waals surface area contributed by atoms with Crippen LogP contribution in [0, 0.1) is 11.8 Å². The molecule has 0 saturated carbocycles. The van der Waals surface area contributed by atoms with Crippen LogP contribution in [-0.4, -0.2) is 90.9 Å². The normalized spacial score (nSPS) is 21.3. The Morgan fingerprint density at radius 3 is 2.59 bits per heavy atom. The quantitative estimate of drug-likeness (QED) is 0.610. The third-order valence-corrected chi connectivity index (χ3v) is 7.34. The van der Waals surface area contributed by atoms with Gasteiger partial charge in [-0.2, -0.15) is 0 Å². The van der Waals surface area contributed by atoms with Gasteiger partial charge in [-0.1, -0.05) is 19.1 Å². The standard InChI is InChI=1S/C28H37N3O6/c1-18-15-31(19(2)17-32)28(34)24-13-22(20-5-7-23(35-4)8-6-20)14-29-26(24)37-25(18)16-30(3)27(33)21-9-11-36-12-10-21/h5-8,13-14,18-19,21,25,32H,9-12,15-17H2,1-4H3/t18-,19-,25+/m0/s1. The molecule has 9 heteroatoms. The van der Waals surface area contributed by atoms with Gasteiger partial charge in [-0.15, -0.1) is 0 Å². The van der Waals surface area contributed by atoms with Gasteiger partial charge >= 0.3 is 0 Å².